The zero-order chi connectivity index (χ0) is 7.72. The van der Waals surface area contributed by atoms with Gasteiger partial charge in [0.05, 0.1) is 16.7 Å². The lowest BCUT2D eigenvalue weighted by Crippen LogP contribution is -2.32. The average Bonchev–Trinajstić information content (AvgIpc) is 2.10. The summed E-state index contributed by atoms with van der Waals surface area (Å²) >= 11 is 0. The molecule has 1 aliphatic rings. The van der Waals surface area contributed by atoms with Gasteiger partial charge in [0, 0.05) is 6.04 Å². The van der Waals surface area contributed by atoms with E-state index in [0.29, 0.717) is 5.88 Å². The molecule has 1 saturated heterocycles. The van der Waals surface area contributed by atoms with Gasteiger partial charge < -0.3 is 4.90 Å². The average molecular weight is 161 g/mol. The first-order valence-corrected chi connectivity index (χ1v) is 4.74. The maximum absolute atomic E-state index is 11.0. The van der Waals surface area contributed by atoms with Crippen molar-refractivity contribution in [2.45, 2.75) is 19.9 Å². The molecule has 1 aliphatic heterocycles. The fourth-order valence-electron chi connectivity index (χ4n) is 0.930. The van der Waals surface area contributed by atoms with E-state index in [9.17, 15) is 9.00 Å². The van der Waals surface area contributed by atoms with E-state index < -0.39 is 10.8 Å². The molecular weight excluding hydrogens is 150 g/mol. The fraction of sp³-hybridized carbons (Fsp3) is 0.833. The lowest BCUT2D eigenvalue weighted by molar-refractivity contribution is -0.127. The van der Waals surface area contributed by atoms with E-state index in [2.05, 4.69) is 0 Å². The van der Waals surface area contributed by atoms with E-state index in [1.807, 2.05) is 13.8 Å². The van der Waals surface area contributed by atoms with Gasteiger partial charge >= 0.3 is 0 Å². The monoisotopic (exact) mass is 161 g/mol. The molecule has 1 fully saturated rings. The fourth-order valence-corrected chi connectivity index (χ4v) is 2.22. The van der Waals surface area contributed by atoms with E-state index in [1.54, 1.807) is 4.90 Å². The van der Waals surface area contributed by atoms with E-state index in [-0.39, 0.29) is 17.7 Å². The minimum atomic E-state index is -0.927. The van der Waals surface area contributed by atoms with Gasteiger partial charge in [-0.3, -0.25) is 9.00 Å². The van der Waals surface area contributed by atoms with Crippen LogP contribution < -0.4 is 0 Å². The molecule has 10 heavy (non-hydrogen) atoms. The zero-order valence-electron chi connectivity index (χ0n) is 6.16. The summed E-state index contributed by atoms with van der Waals surface area (Å²) in [5, 5.41) is 0. The van der Waals surface area contributed by atoms with Crippen molar-refractivity contribution in [1.29, 1.82) is 0 Å². The normalized spacial score (nSPS) is 26.5. The van der Waals surface area contributed by atoms with E-state index in [0.717, 1.165) is 0 Å². The summed E-state index contributed by atoms with van der Waals surface area (Å²) in [5.41, 5.74) is 0. The lowest BCUT2D eigenvalue weighted by Gasteiger charge is -2.18. The van der Waals surface area contributed by atoms with Crippen molar-refractivity contribution < 1.29 is 9.00 Å². The van der Waals surface area contributed by atoms with E-state index in [1.165, 1.54) is 0 Å². The van der Waals surface area contributed by atoms with Gasteiger partial charge in [-0.25, -0.2) is 0 Å². The molecule has 0 spiro atoms. The second kappa shape index (κ2) is 2.70. The van der Waals surface area contributed by atoms with Crippen molar-refractivity contribution in [1.82, 2.24) is 4.90 Å². The summed E-state index contributed by atoms with van der Waals surface area (Å²) in [4.78, 5) is 12.6. The van der Waals surface area contributed by atoms with Gasteiger partial charge in [0.1, 0.15) is 5.75 Å². The minimum absolute atomic E-state index is 0.0216. The first kappa shape index (κ1) is 7.72. The van der Waals surface area contributed by atoms with Crippen molar-refractivity contribution in [3.63, 3.8) is 0 Å². The van der Waals surface area contributed by atoms with Crippen molar-refractivity contribution in [2.75, 3.05) is 11.6 Å². The molecule has 1 unspecified atom stereocenters. The predicted molar refractivity (Wildman–Crippen MR) is 39.9 cm³/mol. The van der Waals surface area contributed by atoms with Crippen LogP contribution in [0.5, 0.6) is 0 Å². The number of carbonyl (C=O) groups is 1. The number of carbonyl (C=O) groups excluding carboxylic acids is 1. The van der Waals surface area contributed by atoms with Crippen LogP contribution in [0.1, 0.15) is 13.8 Å². The number of nitrogens with zero attached hydrogens (tertiary/aromatic N) is 1. The molecule has 3 nitrogen and oxygen atoms in total. The third kappa shape index (κ3) is 1.37. The van der Waals surface area contributed by atoms with Crippen LogP contribution in [0.3, 0.4) is 0 Å². The van der Waals surface area contributed by atoms with Crippen molar-refractivity contribution in [3.05, 3.63) is 0 Å². The van der Waals surface area contributed by atoms with Crippen LogP contribution in [0.4, 0.5) is 0 Å². The van der Waals surface area contributed by atoms with Gasteiger partial charge in [-0.15, -0.1) is 0 Å². The standard InChI is InChI=1S/C6H11NO2S/c1-5(2)7-4-10(9)3-6(7)8/h5H,3-4H2,1-2H3. The summed E-state index contributed by atoms with van der Waals surface area (Å²) in [5.74, 6) is 0.669. The Morgan fingerprint density at radius 3 is 2.40 bits per heavy atom. The van der Waals surface area contributed by atoms with Gasteiger partial charge in [0.2, 0.25) is 5.91 Å². The van der Waals surface area contributed by atoms with E-state index in [4.69, 9.17) is 0 Å². The number of hydrogen-bond donors (Lipinski definition) is 0. The molecule has 1 amide bonds. The Kier molecular flexibility index (Phi) is 2.08. The number of hydrogen-bond acceptors (Lipinski definition) is 2. The van der Waals surface area contributed by atoms with E-state index >= 15 is 0 Å². The highest BCUT2D eigenvalue weighted by Crippen LogP contribution is 2.08. The molecule has 58 valence electrons. The van der Waals surface area contributed by atoms with Crippen LogP contribution in [0.2, 0.25) is 0 Å². The van der Waals surface area contributed by atoms with Gasteiger partial charge in [0.15, 0.2) is 0 Å². The highest BCUT2D eigenvalue weighted by atomic mass is 32.2. The molecule has 1 heterocycles. The van der Waals surface area contributed by atoms with Crippen molar-refractivity contribution in [2.24, 2.45) is 0 Å². The van der Waals surface area contributed by atoms with Crippen LogP contribution in [-0.2, 0) is 15.6 Å². The molecule has 0 radical (unpaired) electrons. The van der Waals surface area contributed by atoms with Crippen LogP contribution >= 0.6 is 0 Å². The van der Waals surface area contributed by atoms with Gasteiger partial charge in [-0.05, 0) is 13.8 Å². The van der Waals surface area contributed by atoms with Gasteiger partial charge in [0.25, 0.3) is 0 Å². The molecule has 1 rings (SSSR count). The zero-order valence-corrected chi connectivity index (χ0v) is 6.98. The second-order valence-electron chi connectivity index (χ2n) is 2.67. The molecule has 0 aliphatic carbocycles. The Hall–Kier alpha value is -0.380. The van der Waals surface area contributed by atoms with Crippen LogP contribution in [0.25, 0.3) is 0 Å². The Bertz CT molecular complexity index is 179. The maximum atomic E-state index is 11.0. The van der Waals surface area contributed by atoms with Crippen molar-refractivity contribution in [3.8, 4) is 0 Å². The summed E-state index contributed by atoms with van der Waals surface area (Å²) in [6, 6.07) is 0.193. The Balaban J connectivity index is 2.63. The molecule has 0 saturated carbocycles. The first-order valence-electron chi connectivity index (χ1n) is 3.25. The van der Waals surface area contributed by atoms with Gasteiger partial charge in [-0.2, -0.15) is 0 Å². The molecule has 0 bridgehead atoms. The lowest BCUT2D eigenvalue weighted by atomic mass is 10.3. The molecule has 1 atom stereocenters. The third-order valence-electron chi connectivity index (χ3n) is 1.51. The largest absolute Gasteiger partial charge is 0.328 e. The number of amides is 1. The highest BCUT2D eigenvalue weighted by molar-refractivity contribution is 7.86. The highest BCUT2D eigenvalue weighted by Gasteiger charge is 2.27. The SMILES string of the molecule is CC(C)N1CS(=O)CC1=O. The summed E-state index contributed by atoms with van der Waals surface area (Å²) in [7, 11) is -0.927. The van der Waals surface area contributed by atoms with Gasteiger partial charge in [-0.1, -0.05) is 0 Å². The minimum Gasteiger partial charge on any atom is -0.328 e. The molecule has 0 aromatic heterocycles. The van der Waals surface area contributed by atoms with Crippen LogP contribution in [0, 0.1) is 0 Å². The molecule has 0 aromatic carbocycles. The van der Waals surface area contributed by atoms with Crippen LogP contribution in [0.15, 0.2) is 0 Å². The smallest absolute Gasteiger partial charge is 0.236 e. The predicted octanol–water partition coefficient (Wildman–Crippen LogP) is -0.0568. The quantitative estimate of drug-likeness (QED) is 0.540. The summed E-state index contributed by atoms with van der Waals surface area (Å²) < 4.78 is 10.8. The molecule has 0 aromatic rings. The Morgan fingerprint density at radius 1 is 1.60 bits per heavy atom. The Morgan fingerprint density at radius 2 is 2.20 bits per heavy atom. The van der Waals surface area contributed by atoms with Crippen LogP contribution in [-0.4, -0.2) is 32.7 Å². The molecular formula is C6H11NO2S. The molecule has 0 N–H and O–H groups in total. The van der Waals surface area contributed by atoms with Crippen molar-refractivity contribution >= 4 is 16.7 Å². The second-order valence-corrected chi connectivity index (χ2v) is 4.10. The maximum Gasteiger partial charge on any atom is 0.236 e. The number of rotatable bonds is 1. The Labute approximate surface area is 62.9 Å². The summed E-state index contributed by atoms with van der Waals surface area (Å²) in [6.45, 7) is 3.86. The topological polar surface area (TPSA) is 37.4 Å². The summed E-state index contributed by atoms with van der Waals surface area (Å²) in [6.07, 6.45) is 0. The molecule has 4 heteroatoms. The third-order valence-corrected chi connectivity index (χ3v) is 2.65. The first-order chi connectivity index (χ1) is 4.61.